The Hall–Kier alpha value is -0.760. The number of nitrogens with one attached hydrogen (secondary N) is 1. The van der Waals surface area contributed by atoms with Gasteiger partial charge in [0.25, 0.3) is 0 Å². The Morgan fingerprint density at radius 1 is 1.55 bits per heavy atom. The number of anilines is 1. The van der Waals surface area contributed by atoms with Crippen LogP contribution in [-0.2, 0) is 6.42 Å². The quantitative estimate of drug-likeness (QED) is 0.642. The summed E-state index contributed by atoms with van der Waals surface area (Å²) in [6, 6.07) is 1.93. The van der Waals surface area contributed by atoms with Gasteiger partial charge in [0, 0.05) is 12.7 Å². The van der Waals surface area contributed by atoms with Gasteiger partial charge in [0.05, 0.1) is 16.4 Å². The molecule has 0 radical (unpaired) electrons. The van der Waals surface area contributed by atoms with Crippen LogP contribution in [0.25, 0.3) is 0 Å². The first-order valence-electron chi connectivity index (χ1n) is 3.74. The fourth-order valence-electron chi connectivity index (χ4n) is 1.30. The zero-order chi connectivity index (χ0) is 7.68. The monoisotopic (exact) mass is 168 g/mol. The van der Waals surface area contributed by atoms with E-state index in [-0.39, 0.29) is 0 Å². The van der Waals surface area contributed by atoms with Gasteiger partial charge in [0.2, 0.25) is 0 Å². The van der Waals surface area contributed by atoms with Gasteiger partial charge in [-0.05, 0) is 18.9 Å². The van der Waals surface area contributed by atoms with Crippen LogP contribution < -0.4 is 5.32 Å². The van der Waals surface area contributed by atoms with Crippen molar-refractivity contribution in [3.05, 3.63) is 23.0 Å². The van der Waals surface area contributed by atoms with Gasteiger partial charge >= 0.3 is 0 Å². The third kappa shape index (κ3) is 1.31. The first-order chi connectivity index (χ1) is 5.36. The van der Waals surface area contributed by atoms with Gasteiger partial charge in [-0.25, -0.2) is 0 Å². The molecule has 1 aromatic rings. The Kier molecular flexibility index (Phi) is 1.70. The second-order valence-corrected chi connectivity index (χ2v) is 3.11. The summed E-state index contributed by atoms with van der Waals surface area (Å²) in [4.78, 5) is 4.22. The van der Waals surface area contributed by atoms with Crippen LogP contribution in [0.5, 0.6) is 0 Å². The van der Waals surface area contributed by atoms with E-state index in [4.69, 9.17) is 11.6 Å². The first-order valence-corrected chi connectivity index (χ1v) is 4.12. The molecule has 0 saturated heterocycles. The number of halogens is 1. The van der Waals surface area contributed by atoms with Crippen molar-refractivity contribution >= 4 is 17.3 Å². The zero-order valence-electron chi connectivity index (χ0n) is 6.10. The van der Waals surface area contributed by atoms with Crippen LogP contribution >= 0.6 is 11.6 Å². The summed E-state index contributed by atoms with van der Waals surface area (Å²) >= 11 is 5.77. The van der Waals surface area contributed by atoms with Crippen molar-refractivity contribution in [1.82, 2.24) is 4.98 Å². The van der Waals surface area contributed by atoms with Crippen molar-refractivity contribution in [3.8, 4) is 0 Å². The van der Waals surface area contributed by atoms with Gasteiger partial charge in [-0.15, -0.1) is 0 Å². The summed E-state index contributed by atoms with van der Waals surface area (Å²) in [7, 11) is 0. The number of hydrogen-bond donors (Lipinski definition) is 1. The molecule has 2 nitrogen and oxygen atoms in total. The highest BCUT2D eigenvalue weighted by Gasteiger charge is 2.08. The minimum Gasteiger partial charge on any atom is -0.384 e. The van der Waals surface area contributed by atoms with Gasteiger partial charge in [-0.1, -0.05) is 11.6 Å². The number of nitrogens with zero attached hydrogens (tertiary/aromatic N) is 1. The zero-order valence-corrected chi connectivity index (χ0v) is 6.86. The summed E-state index contributed by atoms with van der Waals surface area (Å²) in [5.74, 6) is 0. The number of aryl methyl sites for hydroxylation is 1. The molecule has 0 aliphatic carbocycles. The van der Waals surface area contributed by atoms with Crippen molar-refractivity contribution in [2.45, 2.75) is 12.8 Å². The molecule has 0 atom stereocenters. The minimum atomic E-state index is 0.707. The molecule has 0 unspecified atom stereocenters. The van der Waals surface area contributed by atoms with E-state index in [1.807, 2.05) is 6.07 Å². The lowest BCUT2D eigenvalue weighted by atomic mass is 10.1. The maximum Gasteiger partial charge on any atom is 0.0636 e. The maximum absolute atomic E-state index is 5.77. The molecule has 1 N–H and O–H groups in total. The predicted octanol–water partition coefficient (Wildman–Crippen LogP) is 2.09. The molecule has 2 rings (SSSR count). The topological polar surface area (TPSA) is 24.9 Å². The molecule has 1 aliphatic rings. The number of fused-ring (bicyclic) bond motifs is 1. The molecule has 0 amide bonds. The molecule has 2 heterocycles. The molecule has 1 aliphatic heterocycles. The standard InChI is InChI=1S/C8H9ClN2/c9-6-4-8-7(11-5-6)2-1-3-10-8/h4-5,10H,1-3H2. The fourth-order valence-corrected chi connectivity index (χ4v) is 1.46. The van der Waals surface area contributed by atoms with Crippen molar-refractivity contribution < 1.29 is 0 Å². The van der Waals surface area contributed by atoms with E-state index < -0.39 is 0 Å². The van der Waals surface area contributed by atoms with Gasteiger partial charge in [0.15, 0.2) is 0 Å². The average Bonchev–Trinajstić information content (AvgIpc) is 2.04. The summed E-state index contributed by atoms with van der Waals surface area (Å²) < 4.78 is 0. The van der Waals surface area contributed by atoms with E-state index in [1.165, 1.54) is 6.42 Å². The lowest BCUT2D eigenvalue weighted by Crippen LogP contribution is -2.12. The second kappa shape index (κ2) is 2.70. The molecular formula is C8H9ClN2. The van der Waals surface area contributed by atoms with Gasteiger partial charge in [-0.2, -0.15) is 0 Å². The summed E-state index contributed by atoms with van der Waals surface area (Å²) in [5.41, 5.74) is 2.24. The number of hydrogen-bond acceptors (Lipinski definition) is 2. The summed E-state index contributed by atoms with van der Waals surface area (Å²) in [6.45, 7) is 1.04. The van der Waals surface area contributed by atoms with E-state index in [9.17, 15) is 0 Å². The molecule has 0 bridgehead atoms. The average molecular weight is 169 g/mol. The lowest BCUT2D eigenvalue weighted by molar-refractivity contribution is 0.802. The van der Waals surface area contributed by atoms with Gasteiger partial charge in [0.1, 0.15) is 0 Å². The normalized spacial score (nSPS) is 15.4. The third-order valence-electron chi connectivity index (χ3n) is 1.84. The maximum atomic E-state index is 5.77. The molecular weight excluding hydrogens is 160 g/mol. The molecule has 1 aromatic heterocycles. The fraction of sp³-hybridized carbons (Fsp3) is 0.375. The largest absolute Gasteiger partial charge is 0.384 e. The summed E-state index contributed by atoms with van der Waals surface area (Å²) in [5, 5.41) is 3.96. The smallest absolute Gasteiger partial charge is 0.0636 e. The predicted molar refractivity (Wildman–Crippen MR) is 46.1 cm³/mol. The van der Waals surface area contributed by atoms with Crippen molar-refractivity contribution in [3.63, 3.8) is 0 Å². The van der Waals surface area contributed by atoms with Crippen LogP contribution in [0.2, 0.25) is 5.02 Å². The Balaban J connectivity index is 2.43. The lowest BCUT2D eigenvalue weighted by Gasteiger charge is -2.16. The third-order valence-corrected chi connectivity index (χ3v) is 2.05. The van der Waals surface area contributed by atoms with Crippen molar-refractivity contribution in [2.24, 2.45) is 0 Å². The highest BCUT2D eigenvalue weighted by molar-refractivity contribution is 6.30. The van der Waals surface area contributed by atoms with Crippen LogP contribution in [-0.4, -0.2) is 11.5 Å². The van der Waals surface area contributed by atoms with E-state index >= 15 is 0 Å². The van der Waals surface area contributed by atoms with Crippen molar-refractivity contribution in [2.75, 3.05) is 11.9 Å². The molecule has 0 saturated carbocycles. The number of pyridine rings is 1. The first kappa shape index (κ1) is 6.92. The second-order valence-electron chi connectivity index (χ2n) is 2.68. The Morgan fingerprint density at radius 2 is 2.45 bits per heavy atom. The molecule has 58 valence electrons. The van der Waals surface area contributed by atoms with Crippen LogP contribution in [0.3, 0.4) is 0 Å². The Bertz CT molecular complexity index is 273. The number of aromatic nitrogens is 1. The summed E-state index contributed by atoms with van der Waals surface area (Å²) in [6.07, 6.45) is 3.94. The molecule has 0 fully saturated rings. The molecule has 3 heteroatoms. The van der Waals surface area contributed by atoms with E-state index in [2.05, 4.69) is 10.3 Å². The van der Waals surface area contributed by atoms with E-state index in [0.29, 0.717) is 5.02 Å². The molecule has 0 aromatic carbocycles. The minimum absolute atomic E-state index is 0.707. The van der Waals surface area contributed by atoms with Gasteiger partial charge in [-0.3, -0.25) is 4.98 Å². The van der Waals surface area contributed by atoms with E-state index in [0.717, 1.165) is 24.3 Å². The highest BCUT2D eigenvalue weighted by atomic mass is 35.5. The molecule has 11 heavy (non-hydrogen) atoms. The van der Waals surface area contributed by atoms with Crippen LogP contribution in [0.1, 0.15) is 12.1 Å². The van der Waals surface area contributed by atoms with Gasteiger partial charge < -0.3 is 5.32 Å². The van der Waals surface area contributed by atoms with Crippen LogP contribution in [0.4, 0.5) is 5.69 Å². The Morgan fingerprint density at radius 3 is 3.36 bits per heavy atom. The molecule has 0 spiro atoms. The highest BCUT2D eigenvalue weighted by Crippen LogP contribution is 2.22. The Labute approximate surface area is 70.6 Å². The number of rotatable bonds is 0. The SMILES string of the molecule is Clc1cnc2c(c1)NCCC2. The van der Waals surface area contributed by atoms with Crippen LogP contribution in [0, 0.1) is 0 Å². The van der Waals surface area contributed by atoms with E-state index in [1.54, 1.807) is 6.20 Å². The van der Waals surface area contributed by atoms with Crippen molar-refractivity contribution in [1.29, 1.82) is 0 Å². The van der Waals surface area contributed by atoms with Crippen LogP contribution in [0.15, 0.2) is 12.3 Å².